The Balaban J connectivity index is 1.98. The third kappa shape index (κ3) is 3.32. The van der Waals surface area contributed by atoms with Crippen molar-refractivity contribution >= 4 is 15.9 Å². The summed E-state index contributed by atoms with van der Waals surface area (Å²) in [6, 6.07) is 4.31. The first-order chi connectivity index (χ1) is 10.7. The highest BCUT2D eigenvalue weighted by Crippen LogP contribution is 2.43. The molecule has 0 radical (unpaired) electrons. The van der Waals surface area contributed by atoms with Crippen LogP contribution < -0.4 is 5.32 Å². The molecule has 1 aromatic carbocycles. The van der Waals surface area contributed by atoms with Gasteiger partial charge in [-0.05, 0) is 37.3 Å². The lowest BCUT2D eigenvalue weighted by Gasteiger charge is -2.41. The number of hydrogen-bond acceptors (Lipinski definition) is 4. The van der Waals surface area contributed by atoms with Crippen LogP contribution in [0.5, 0.6) is 5.75 Å². The summed E-state index contributed by atoms with van der Waals surface area (Å²) in [6.45, 7) is 7.73. The molecule has 1 atom stereocenters. The molecule has 2 aliphatic heterocycles. The lowest BCUT2D eigenvalue weighted by atomic mass is 9.84. The third-order valence-electron chi connectivity index (χ3n) is 4.92. The summed E-state index contributed by atoms with van der Waals surface area (Å²) in [5, 5.41) is 14.1. The number of benzene rings is 1. The zero-order valence-electron chi connectivity index (χ0n) is 13.1. The fraction of sp³-hybridized carbons (Fsp3) is 0.647. The van der Waals surface area contributed by atoms with Crippen LogP contribution in [0.15, 0.2) is 16.6 Å². The molecule has 0 aliphatic carbocycles. The van der Waals surface area contributed by atoms with E-state index in [9.17, 15) is 5.11 Å². The molecule has 2 saturated heterocycles. The number of phenols is 1. The first kappa shape index (κ1) is 16.2. The minimum Gasteiger partial charge on any atom is -0.507 e. The van der Waals surface area contributed by atoms with Gasteiger partial charge in [-0.3, -0.25) is 4.90 Å². The number of rotatable bonds is 3. The molecule has 0 unspecified atom stereocenters. The Morgan fingerprint density at radius 3 is 2.64 bits per heavy atom. The van der Waals surface area contributed by atoms with Gasteiger partial charge >= 0.3 is 0 Å². The minimum absolute atomic E-state index is 0.264. The zero-order chi connectivity index (χ0) is 15.5. The Morgan fingerprint density at radius 2 is 1.95 bits per heavy atom. The average molecular weight is 369 g/mol. The van der Waals surface area contributed by atoms with E-state index in [2.05, 4.69) is 32.2 Å². The monoisotopic (exact) mass is 368 g/mol. The summed E-state index contributed by atoms with van der Waals surface area (Å²) in [6.07, 6.45) is 2.13. The number of hydrogen-bond donors (Lipinski definition) is 2. The predicted molar refractivity (Wildman–Crippen MR) is 91.3 cm³/mol. The van der Waals surface area contributed by atoms with Crippen LogP contribution in [0.1, 0.15) is 30.0 Å². The summed E-state index contributed by atoms with van der Waals surface area (Å²) in [4.78, 5) is 2.53. The molecule has 0 aromatic heterocycles. The molecule has 4 nitrogen and oxygen atoms in total. The molecule has 122 valence electrons. The summed E-state index contributed by atoms with van der Waals surface area (Å²) < 4.78 is 6.57. The van der Waals surface area contributed by atoms with Gasteiger partial charge in [-0.2, -0.15) is 0 Å². The smallest absolute Gasteiger partial charge is 0.124 e. The van der Waals surface area contributed by atoms with Gasteiger partial charge in [-0.15, -0.1) is 0 Å². The SMILES string of the molecule is Cc1ccc(Br)c([C@@H](C2CCOCC2)N2CCNCC2)c1O. The van der Waals surface area contributed by atoms with Crippen LogP contribution in [0.4, 0.5) is 0 Å². The van der Waals surface area contributed by atoms with E-state index >= 15 is 0 Å². The van der Waals surface area contributed by atoms with Crippen molar-refractivity contribution in [2.75, 3.05) is 39.4 Å². The van der Waals surface area contributed by atoms with E-state index in [0.29, 0.717) is 11.7 Å². The average Bonchev–Trinajstić information content (AvgIpc) is 2.57. The molecule has 22 heavy (non-hydrogen) atoms. The molecule has 5 heteroatoms. The Morgan fingerprint density at radius 1 is 1.27 bits per heavy atom. The van der Waals surface area contributed by atoms with Gasteiger partial charge < -0.3 is 15.2 Å². The lowest BCUT2D eigenvalue weighted by molar-refractivity contribution is 0.0204. The van der Waals surface area contributed by atoms with E-state index in [4.69, 9.17) is 4.74 Å². The molecule has 3 rings (SSSR count). The standard InChI is InChI=1S/C17H25BrN2O2/c1-12-2-3-14(18)15(17(12)21)16(13-4-10-22-11-5-13)20-8-6-19-7-9-20/h2-3,13,16,19,21H,4-11H2,1H3/t16-/m1/s1. The quantitative estimate of drug-likeness (QED) is 0.860. The van der Waals surface area contributed by atoms with Crippen LogP contribution in [0.3, 0.4) is 0 Å². The predicted octanol–water partition coefficient (Wildman–Crippen LogP) is 2.84. The normalized spacial score (nSPS) is 22.6. The number of halogens is 1. The van der Waals surface area contributed by atoms with Gasteiger partial charge in [0.1, 0.15) is 5.75 Å². The van der Waals surface area contributed by atoms with Gasteiger partial charge in [0.25, 0.3) is 0 Å². The molecular formula is C17H25BrN2O2. The number of aromatic hydroxyl groups is 1. The van der Waals surface area contributed by atoms with Crippen molar-refractivity contribution in [1.29, 1.82) is 0 Å². The Bertz CT molecular complexity index is 494. The second kappa shape index (κ2) is 7.30. The van der Waals surface area contributed by atoms with E-state index in [1.165, 1.54) is 0 Å². The molecule has 2 aliphatic rings. The van der Waals surface area contributed by atoms with Crippen molar-refractivity contribution in [2.24, 2.45) is 5.92 Å². The Labute approximate surface area is 141 Å². The summed E-state index contributed by atoms with van der Waals surface area (Å²) >= 11 is 3.68. The largest absolute Gasteiger partial charge is 0.507 e. The summed E-state index contributed by atoms with van der Waals surface area (Å²) in [7, 11) is 0. The highest BCUT2D eigenvalue weighted by Gasteiger charge is 2.34. The van der Waals surface area contributed by atoms with Crippen LogP contribution in [0.25, 0.3) is 0 Å². The van der Waals surface area contributed by atoms with Crippen molar-refractivity contribution in [3.05, 3.63) is 27.7 Å². The molecule has 1 aromatic rings. The fourth-order valence-corrected chi connectivity index (χ4v) is 4.24. The molecule has 0 bridgehead atoms. The lowest BCUT2D eigenvalue weighted by Crippen LogP contribution is -2.47. The maximum Gasteiger partial charge on any atom is 0.124 e. The van der Waals surface area contributed by atoms with Gasteiger partial charge in [-0.1, -0.05) is 22.0 Å². The van der Waals surface area contributed by atoms with E-state index in [0.717, 1.165) is 67.8 Å². The van der Waals surface area contributed by atoms with E-state index in [-0.39, 0.29) is 6.04 Å². The van der Waals surface area contributed by atoms with Crippen molar-refractivity contribution in [1.82, 2.24) is 10.2 Å². The first-order valence-corrected chi connectivity index (χ1v) is 8.98. The van der Waals surface area contributed by atoms with Crippen molar-refractivity contribution in [3.63, 3.8) is 0 Å². The Hall–Kier alpha value is -0.620. The minimum atomic E-state index is 0.264. The molecule has 0 amide bonds. The van der Waals surface area contributed by atoms with Crippen LogP contribution in [-0.4, -0.2) is 49.4 Å². The molecule has 0 spiro atoms. The zero-order valence-corrected chi connectivity index (χ0v) is 14.7. The molecule has 2 N–H and O–H groups in total. The van der Waals surface area contributed by atoms with Gasteiger partial charge in [-0.25, -0.2) is 0 Å². The van der Waals surface area contributed by atoms with Crippen molar-refractivity contribution in [2.45, 2.75) is 25.8 Å². The molecule has 2 fully saturated rings. The van der Waals surface area contributed by atoms with Gasteiger partial charge in [0.15, 0.2) is 0 Å². The first-order valence-electron chi connectivity index (χ1n) is 8.19. The van der Waals surface area contributed by atoms with Gasteiger partial charge in [0, 0.05) is 55.5 Å². The van der Waals surface area contributed by atoms with E-state index in [1.807, 2.05) is 13.0 Å². The summed E-state index contributed by atoms with van der Waals surface area (Å²) in [5.74, 6) is 0.986. The molecular weight excluding hydrogens is 344 g/mol. The maximum absolute atomic E-state index is 10.7. The van der Waals surface area contributed by atoms with Gasteiger partial charge in [0.2, 0.25) is 0 Å². The number of nitrogens with zero attached hydrogens (tertiary/aromatic N) is 1. The van der Waals surface area contributed by atoms with Crippen LogP contribution in [-0.2, 0) is 4.74 Å². The van der Waals surface area contributed by atoms with Crippen LogP contribution in [0.2, 0.25) is 0 Å². The van der Waals surface area contributed by atoms with Gasteiger partial charge in [0.05, 0.1) is 0 Å². The third-order valence-corrected chi connectivity index (χ3v) is 5.61. The van der Waals surface area contributed by atoms with Crippen LogP contribution >= 0.6 is 15.9 Å². The van der Waals surface area contributed by atoms with Crippen molar-refractivity contribution < 1.29 is 9.84 Å². The maximum atomic E-state index is 10.7. The topological polar surface area (TPSA) is 44.7 Å². The highest BCUT2D eigenvalue weighted by molar-refractivity contribution is 9.10. The number of piperazine rings is 1. The molecule has 0 saturated carbocycles. The Kier molecular flexibility index (Phi) is 5.39. The molecule has 2 heterocycles. The number of nitrogens with one attached hydrogen (secondary N) is 1. The number of ether oxygens (including phenoxy) is 1. The second-order valence-corrected chi connectivity index (χ2v) is 7.16. The van der Waals surface area contributed by atoms with E-state index in [1.54, 1.807) is 0 Å². The fourth-order valence-electron chi connectivity index (χ4n) is 3.68. The second-order valence-electron chi connectivity index (χ2n) is 6.31. The van der Waals surface area contributed by atoms with Crippen LogP contribution in [0, 0.1) is 12.8 Å². The number of aryl methyl sites for hydroxylation is 1. The number of phenolic OH excluding ortho intramolecular Hbond substituents is 1. The van der Waals surface area contributed by atoms with E-state index < -0.39 is 0 Å². The highest BCUT2D eigenvalue weighted by atomic mass is 79.9. The summed E-state index contributed by atoms with van der Waals surface area (Å²) in [5.41, 5.74) is 2.01. The van der Waals surface area contributed by atoms with Crippen molar-refractivity contribution in [3.8, 4) is 5.75 Å².